The maximum atomic E-state index is 13.7. The summed E-state index contributed by atoms with van der Waals surface area (Å²) in [4.78, 5) is -0.514. The lowest BCUT2D eigenvalue weighted by Crippen LogP contribution is -2.26. The number of rotatable bonds is 8. The first-order valence-corrected chi connectivity index (χ1v) is 9.15. The highest BCUT2D eigenvalue weighted by Crippen LogP contribution is 2.29. The number of halogens is 4. The van der Waals surface area contributed by atoms with Crippen molar-refractivity contribution in [1.29, 1.82) is 0 Å². The van der Waals surface area contributed by atoms with E-state index in [2.05, 4.69) is 9.46 Å². The fourth-order valence-corrected chi connectivity index (χ4v) is 3.41. The molecule has 2 rings (SSSR count). The van der Waals surface area contributed by atoms with Gasteiger partial charge >= 0.3 is 6.61 Å². The number of nitrogens with one attached hydrogen (secondary N) is 1. The minimum atomic E-state index is -4.06. The van der Waals surface area contributed by atoms with Crippen molar-refractivity contribution < 1.29 is 31.1 Å². The molecule has 10 heteroatoms. The first kappa shape index (κ1) is 20.3. The van der Waals surface area contributed by atoms with E-state index in [0.717, 1.165) is 12.1 Å². The smallest absolute Gasteiger partial charge is 0.387 e. The van der Waals surface area contributed by atoms with Gasteiger partial charge in [0.2, 0.25) is 10.0 Å². The van der Waals surface area contributed by atoms with Crippen LogP contribution in [0.15, 0.2) is 41.3 Å². The second-order valence-electron chi connectivity index (χ2n) is 5.09. The van der Waals surface area contributed by atoms with Gasteiger partial charge in [0.15, 0.2) is 11.5 Å². The van der Waals surface area contributed by atoms with Crippen LogP contribution < -0.4 is 14.2 Å². The molecule has 0 aliphatic carbocycles. The van der Waals surface area contributed by atoms with Crippen LogP contribution in [0.3, 0.4) is 0 Å². The first-order chi connectivity index (χ1) is 12.2. The topological polar surface area (TPSA) is 64.6 Å². The minimum Gasteiger partial charge on any atom is -0.493 e. The highest BCUT2D eigenvalue weighted by molar-refractivity contribution is 7.89. The van der Waals surface area contributed by atoms with Gasteiger partial charge < -0.3 is 9.47 Å². The Hall–Kier alpha value is -1.97. The molecule has 1 N–H and O–H groups in total. The molecule has 2 aromatic carbocycles. The number of hydrogen-bond acceptors (Lipinski definition) is 4. The summed E-state index contributed by atoms with van der Waals surface area (Å²) >= 11 is 5.60. The largest absolute Gasteiger partial charge is 0.493 e. The summed E-state index contributed by atoms with van der Waals surface area (Å²) in [6, 6.07) is 7.49. The number of sulfonamides is 1. The Morgan fingerprint density at radius 1 is 1.15 bits per heavy atom. The van der Waals surface area contributed by atoms with Gasteiger partial charge in [-0.1, -0.05) is 17.7 Å². The second kappa shape index (κ2) is 8.61. The van der Waals surface area contributed by atoms with Gasteiger partial charge in [0.1, 0.15) is 10.7 Å². The predicted octanol–water partition coefficient (Wildman–Crippen LogP) is 3.61. The third-order valence-electron chi connectivity index (χ3n) is 3.33. The molecule has 0 aromatic heterocycles. The fraction of sp³-hybridized carbons (Fsp3) is 0.250. The highest BCUT2D eigenvalue weighted by atomic mass is 35.5. The molecule has 0 fully saturated rings. The zero-order valence-electron chi connectivity index (χ0n) is 13.5. The van der Waals surface area contributed by atoms with Gasteiger partial charge in [-0.25, -0.2) is 17.5 Å². The van der Waals surface area contributed by atoms with Gasteiger partial charge in [-0.2, -0.15) is 8.78 Å². The summed E-state index contributed by atoms with van der Waals surface area (Å²) in [5.74, 6) is -0.996. The summed E-state index contributed by atoms with van der Waals surface area (Å²) < 4.78 is 74.1. The Bertz CT molecular complexity index is 878. The third-order valence-corrected chi connectivity index (χ3v) is 5.06. The van der Waals surface area contributed by atoms with Crippen LogP contribution in [0.4, 0.5) is 13.2 Å². The van der Waals surface area contributed by atoms with E-state index in [4.69, 9.17) is 16.3 Å². The fourth-order valence-electron chi connectivity index (χ4n) is 2.16. The van der Waals surface area contributed by atoms with E-state index in [1.807, 2.05) is 0 Å². The van der Waals surface area contributed by atoms with Crippen molar-refractivity contribution in [3.63, 3.8) is 0 Å². The molecule has 0 spiro atoms. The van der Waals surface area contributed by atoms with Crippen molar-refractivity contribution in [2.24, 2.45) is 0 Å². The minimum absolute atomic E-state index is 0.0391. The lowest BCUT2D eigenvalue weighted by molar-refractivity contribution is -0.0512. The Morgan fingerprint density at radius 2 is 1.88 bits per heavy atom. The molecule has 0 heterocycles. The number of benzene rings is 2. The zero-order valence-corrected chi connectivity index (χ0v) is 15.1. The molecule has 0 unspecified atom stereocenters. The molecule has 0 radical (unpaired) electrons. The Kier molecular flexibility index (Phi) is 6.74. The SMILES string of the molecule is COc1cc(CCNS(=O)(=O)c2ccc(Cl)cc2F)ccc1OC(F)F. The summed E-state index contributed by atoms with van der Waals surface area (Å²) in [6.45, 7) is -3.03. The quantitative estimate of drug-likeness (QED) is 0.723. The molecular formula is C16H15ClF3NO4S. The van der Waals surface area contributed by atoms with Crippen molar-refractivity contribution in [3.05, 3.63) is 52.8 Å². The molecule has 0 saturated carbocycles. The van der Waals surface area contributed by atoms with E-state index in [-0.39, 0.29) is 29.5 Å². The summed E-state index contributed by atoms with van der Waals surface area (Å²) in [7, 11) is -2.76. The van der Waals surface area contributed by atoms with Gasteiger partial charge in [0, 0.05) is 11.6 Å². The molecule has 0 amide bonds. The van der Waals surface area contributed by atoms with Crippen LogP contribution in [0.5, 0.6) is 11.5 Å². The lowest BCUT2D eigenvalue weighted by Gasteiger charge is -2.12. The van der Waals surface area contributed by atoms with Gasteiger partial charge in [-0.15, -0.1) is 0 Å². The molecule has 5 nitrogen and oxygen atoms in total. The number of alkyl halides is 2. The summed E-state index contributed by atoms with van der Waals surface area (Å²) in [6.07, 6.45) is 0.222. The van der Waals surface area contributed by atoms with E-state index in [1.165, 1.54) is 31.4 Å². The van der Waals surface area contributed by atoms with Crippen molar-refractivity contribution in [1.82, 2.24) is 4.72 Å². The van der Waals surface area contributed by atoms with Gasteiger partial charge in [-0.05, 0) is 42.3 Å². The summed E-state index contributed by atoms with van der Waals surface area (Å²) in [5, 5.41) is 0.0830. The lowest BCUT2D eigenvalue weighted by atomic mass is 10.1. The average Bonchev–Trinajstić information content (AvgIpc) is 2.55. The van der Waals surface area contributed by atoms with Crippen LogP contribution >= 0.6 is 11.6 Å². The van der Waals surface area contributed by atoms with Gasteiger partial charge in [0.25, 0.3) is 0 Å². The third kappa shape index (κ3) is 5.26. The Morgan fingerprint density at radius 3 is 2.50 bits per heavy atom. The Balaban J connectivity index is 2.04. The number of methoxy groups -OCH3 is 1. The van der Waals surface area contributed by atoms with E-state index < -0.39 is 27.3 Å². The van der Waals surface area contributed by atoms with Gasteiger partial charge in [0.05, 0.1) is 7.11 Å². The molecule has 142 valence electrons. The summed E-state index contributed by atoms with van der Waals surface area (Å²) in [5.41, 5.74) is 0.614. The monoisotopic (exact) mass is 409 g/mol. The molecule has 2 aromatic rings. The highest BCUT2D eigenvalue weighted by Gasteiger charge is 2.19. The maximum absolute atomic E-state index is 13.7. The normalized spacial score (nSPS) is 11.6. The van der Waals surface area contributed by atoms with E-state index in [9.17, 15) is 21.6 Å². The molecule has 0 aliphatic heterocycles. The number of ether oxygens (including phenoxy) is 2. The van der Waals surface area contributed by atoms with Crippen LogP contribution in [0.2, 0.25) is 5.02 Å². The van der Waals surface area contributed by atoms with Crippen LogP contribution in [0.1, 0.15) is 5.56 Å². The standard InChI is InChI=1S/C16H15ClF3NO4S/c1-24-14-8-10(2-4-13(14)25-16(19)20)6-7-21-26(22,23)15-5-3-11(17)9-12(15)18/h2-5,8-9,16,21H,6-7H2,1H3. The number of hydrogen-bond donors (Lipinski definition) is 1. The van der Waals surface area contributed by atoms with Crippen LogP contribution in [0, 0.1) is 5.82 Å². The van der Waals surface area contributed by atoms with Gasteiger partial charge in [-0.3, -0.25) is 0 Å². The molecule has 0 atom stereocenters. The van der Waals surface area contributed by atoms with Crippen molar-refractivity contribution >= 4 is 21.6 Å². The van der Waals surface area contributed by atoms with E-state index >= 15 is 0 Å². The molecule has 26 heavy (non-hydrogen) atoms. The van der Waals surface area contributed by atoms with Crippen molar-refractivity contribution in [2.45, 2.75) is 17.9 Å². The molecule has 0 bridgehead atoms. The van der Waals surface area contributed by atoms with Crippen molar-refractivity contribution in [2.75, 3.05) is 13.7 Å². The van der Waals surface area contributed by atoms with Crippen molar-refractivity contribution in [3.8, 4) is 11.5 Å². The molecular weight excluding hydrogens is 395 g/mol. The predicted molar refractivity (Wildman–Crippen MR) is 89.9 cm³/mol. The molecule has 0 aliphatic rings. The second-order valence-corrected chi connectivity index (χ2v) is 7.26. The average molecular weight is 410 g/mol. The Labute approximate surface area is 153 Å². The van der Waals surface area contributed by atoms with E-state index in [0.29, 0.717) is 5.56 Å². The maximum Gasteiger partial charge on any atom is 0.387 e. The van der Waals surface area contributed by atoms with Crippen LogP contribution in [-0.4, -0.2) is 28.7 Å². The molecule has 0 saturated heterocycles. The van der Waals surface area contributed by atoms with Crippen LogP contribution in [-0.2, 0) is 16.4 Å². The zero-order chi connectivity index (χ0) is 19.3. The first-order valence-electron chi connectivity index (χ1n) is 7.29. The van der Waals surface area contributed by atoms with E-state index in [1.54, 1.807) is 0 Å². The van der Waals surface area contributed by atoms with Crippen LogP contribution in [0.25, 0.3) is 0 Å².